The molecule has 3 aromatic rings. The summed E-state index contributed by atoms with van der Waals surface area (Å²) in [7, 11) is 1.67. The minimum atomic E-state index is -0.561. The summed E-state index contributed by atoms with van der Waals surface area (Å²) in [6.45, 7) is 0.0941. The van der Waals surface area contributed by atoms with Gasteiger partial charge in [-0.2, -0.15) is 0 Å². The monoisotopic (exact) mass is 446 g/mol. The van der Waals surface area contributed by atoms with Crippen molar-refractivity contribution in [1.29, 1.82) is 0 Å². The number of pyridine rings is 1. The number of carbonyl (C=O) groups is 2. The van der Waals surface area contributed by atoms with Gasteiger partial charge in [-0.25, -0.2) is 9.78 Å². The van der Waals surface area contributed by atoms with Crippen LogP contribution in [0.15, 0.2) is 59.1 Å². The Morgan fingerprint density at radius 1 is 1.15 bits per heavy atom. The van der Waals surface area contributed by atoms with E-state index in [2.05, 4.69) is 20.9 Å². The fourth-order valence-electron chi connectivity index (χ4n) is 2.52. The molecule has 0 radical (unpaired) electrons. The molecule has 0 spiro atoms. The number of rotatable bonds is 5. The Morgan fingerprint density at radius 2 is 1.93 bits per heavy atom. The molecule has 0 saturated heterocycles. The third-order valence-electron chi connectivity index (χ3n) is 4.01. The lowest BCUT2D eigenvalue weighted by Gasteiger charge is -2.18. The Balaban J connectivity index is 1.60. The van der Waals surface area contributed by atoms with E-state index >= 15 is 0 Å². The van der Waals surface area contributed by atoms with Gasteiger partial charge in [-0.3, -0.25) is 4.79 Å². The van der Waals surface area contributed by atoms with Crippen LogP contribution in [0.5, 0.6) is 0 Å². The van der Waals surface area contributed by atoms with Crippen molar-refractivity contribution in [3.05, 3.63) is 75.4 Å². The minimum Gasteiger partial charge on any atom is -0.452 e. The summed E-state index contributed by atoms with van der Waals surface area (Å²) >= 11 is 9.31. The van der Waals surface area contributed by atoms with E-state index in [0.717, 1.165) is 15.4 Å². The van der Waals surface area contributed by atoms with E-state index in [9.17, 15) is 9.59 Å². The molecule has 0 bridgehead atoms. The van der Waals surface area contributed by atoms with Gasteiger partial charge in [-0.15, -0.1) is 0 Å². The average Bonchev–Trinajstić information content (AvgIpc) is 2.67. The summed E-state index contributed by atoms with van der Waals surface area (Å²) in [5.74, 6) is -0.845. The van der Waals surface area contributed by atoms with Crippen molar-refractivity contribution in [2.45, 2.75) is 6.54 Å². The van der Waals surface area contributed by atoms with Crippen LogP contribution < -0.4 is 0 Å². The third kappa shape index (κ3) is 4.84. The molecule has 7 heteroatoms. The van der Waals surface area contributed by atoms with Gasteiger partial charge in [0.2, 0.25) is 0 Å². The average molecular weight is 448 g/mol. The maximum absolute atomic E-state index is 12.3. The molecule has 138 valence electrons. The summed E-state index contributed by atoms with van der Waals surface area (Å²) in [5.41, 5.74) is 2.01. The summed E-state index contributed by atoms with van der Waals surface area (Å²) < 4.78 is 6.09. The highest BCUT2D eigenvalue weighted by Gasteiger charge is 2.15. The maximum Gasteiger partial charge on any atom is 0.338 e. The van der Waals surface area contributed by atoms with Crippen molar-refractivity contribution in [2.24, 2.45) is 0 Å². The Hall–Kier alpha value is -2.44. The first-order chi connectivity index (χ1) is 12.9. The van der Waals surface area contributed by atoms with Gasteiger partial charge in [0.15, 0.2) is 6.61 Å². The maximum atomic E-state index is 12.3. The van der Waals surface area contributed by atoms with Crippen LogP contribution in [0.2, 0.25) is 5.15 Å². The highest BCUT2D eigenvalue weighted by molar-refractivity contribution is 9.10. The standard InChI is InChI=1S/C20H16BrClN2O3/c1-24(11-15-4-2-3-5-16(15)21)19(25)12-27-20(26)14-6-8-17-13(10-14)7-9-18(22)23-17/h2-10H,11-12H2,1H3. The van der Waals surface area contributed by atoms with Crippen molar-refractivity contribution in [1.82, 2.24) is 9.88 Å². The molecule has 1 aromatic heterocycles. The number of benzene rings is 2. The van der Waals surface area contributed by atoms with Crippen LogP contribution in [0.1, 0.15) is 15.9 Å². The summed E-state index contributed by atoms with van der Waals surface area (Å²) in [5, 5.41) is 1.16. The SMILES string of the molecule is CN(Cc1ccccc1Br)C(=O)COC(=O)c1ccc2nc(Cl)ccc2c1. The van der Waals surface area contributed by atoms with Gasteiger partial charge in [0.1, 0.15) is 5.15 Å². The van der Waals surface area contributed by atoms with Crippen molar-refractivity contribution in [3.8, 4) is 0 Å². The third-order valence-corrected chi connectivity index (χ3v) is 4.99. The second kappa shape index (κ2) is 8.50. The minimum absolute atomic E-state index is 0.284. The first-order valence-corrected chi connectivity index (χ1v) is 9.32. The summed E-state index contributed by atoms with van der Waals surface area (Å²) in [4.78, 5) is 30.2. The van der Waals surface area contributed by atoms with E-state index in [-0.39, 0.29) is 12.5 Å². The van der Waals surface area contributed by atoms with E-state index in [1.165, 1.54) is 4.90 Å². The normalized spacial score (nSPS) is 10.6. The van der Waals surface area contributed by atoms with Crippen LogP contribution in [0.25, 0.3) is 10.9 Å². The molecule has 0 aliphatic carbocycles. The molecule has 5 nitrogen and oxygen atoms in total. The Bertz CT molecular complexity index is 1010. The van der Waals surface area contributed by atoms with Gasteiger partial charge in [-0.1, -0.05) is 45.7 Å². The lowest BCUT2D eigenvalue weighted by atomic mass is 10.1. The number of likely N-dealkylation sites (N-methyl/N-ethyl adjacent to an activating group) is 1. The van der Waals surface area contributed by atoms with E-state index in [4.69, 9.17) is 16.3 Å². The quantitative estimate of drug-likeness (QED) is 0.428. The number of hydrogen-bond donors (Lipinski definition) is 0. The lowest BCUT2D eigenvalue weighted by molar-refractivity contribution is -0.133. The number of halogens is 2. The van der Waals surface area contributed by atoms with E-state index in [1.807, 2.05) is 24.3 Å². The molecule has 0 N–H and O–H groups in total. The molecule has 0 saturated carbocycles. The van der Waals surface area contributed by atoms with Crippen LogP contribution in [-0.4, -0.2) is 35.4 Å². The molecule has 0 fully saturated rings. The van der Waals surface area contributed by atoms with Gasteiger partial charge in [0.25, 0.3) is 5.91 Å². The largest absolute Gasteiger partial charge is 0.452 e. The Kier molecular flexibility index (Phi) is 6.08. The van der Waals surface area contributed by atoms with Crippen LogP contribution in [0.3, 0.4) is 0 Å². The molecule has 2 aromatic carbocycles. The molecule has 1 heterocycles. The van der Waals surface area contributed by atoms with Crippen molar-refractivity contribution >= 4 is 50.3 Å². The first kappa shape index (κ1) is 19.3. The van der Waals surface area contributed by atoms with Crippen LogP contribution >= 0.6 is 27.5 Å². The molecule has 0 aliphatic heterocycles. The lowest BCUT2D eigenvalue weighted by Crippen LogP contribution is -2.31. The highest BCUT2D eigenvalue weighted by atomic mass is 79.9. The number of ether oxygens (including phenoxy) is 1. The second-order valence-corrected chi connectivity index (χ2v) is 7.20. The predicted octanol–water partition coefficient (Wildman–Crippen LogP) is 4.47. The van der Waals surface area contributed by atoms with Crippen molar-refractivity contribution < 1.29 is 14.3 Å². The zero-order chi connectivity index (χ0) is 19.4. The van der Waals surface area contributed by atoms with Gasteiger partial charge in [0, 0.05) is 23.5 Å². The number of hydrogen-bond acceptors (Lipinski definition) is 4. The summed E-state index contributed by atoms with van der Waals surface area (Å²) in [6.07, 6.45) is 0. The molecular weight excluding hydrogens is 432 g/mol. The molecule has 0 aliphatic rings. The molecule has 1 amide bonds. The number of amides is 1. The van der Waals surface area contributed by atoms with Crippen LogP contribution in [0.4, 0.5) is 0 Å². The fraction of sp³-hybridized carbons (Fsp3) is 0.150. The highest BCUT2D eigenvalue weighted by Crippen LogP contribution is 2.19. The number of carbonyl (C=O) groups excluding carboxylic acids is 2. The molecular formula is C20H16BrClN2O3. The molecule has 0 atom stereocenters. The van der Waals surface area contributed by atoms with Crippen molar-refractivity contribution in [2.75, 3.05) is 13.7 Å². The number of fused-ring (bicyclic) bond motifs is 1. The number of aromatic nitrogens is 1. The fourth-order valence-corrected chi connectivity index (χ4v) is 3.08. The zero-order valence-electron chi connectivity index (χ0n) is 14.5. The Morgan fingerprint density at radius 3 is 2.70 bits per heavy atom. The number of esters is 1. The molecule has 3 rings (SSSR count). The Labute approximate surface area is 170 Å². The topological polar surface area (TPSA) is 59.5 Å². The van der Waals surface area contributed by atoms with E-state index in [0.29, 0.717) is 22.8 Å². The first-order valence-electron chi connectivity index (χ1n) is 8.15. The predicted molar refractivity (Wildman–Crippen MR) is 108 cm³/mol. The zero-order valence-corrected chi connectivity index (χ0v) is 16.8. The smallest absolute Gasteiger partial charge is 0.338 e. The van der Waals surface area contributed by atoms with Crippen molar-refractivity contribution in [3.63, 3.8) is 0 Å². The van der Waals surface area contributed by atoms with Gasteiger partial charge in [-0.05, 0) is 42.0 Å². The van der Waals surface area contributed by atoms with Crippen LogP contribution in [-0.2, 0) is 16.1 Å². The number of nitrogens with zero attached hydrogens (tertiary/aromatic N) is 2. The second-order valence-electron chi connectivity index (χ2n) is 5.96. The summed E-state index contributed by atoms with van der Waals surface area (Å²) in [6, 6.07) is 16.0. The van der Waals surface area contributed by atoms with Gasteiger partial charge < -0.3 is 9.64 Å². The van der Waals surface area contributed by atoms with Gasteiger partial charge >= 0.3 is 5.97 Å². The van der Waals surface area contributed by atoms with E-state index in [1.54, 1.807) is 37.4 Å². The van der Waals surface area contributed by atoms with Gasteiger partial charge in [0.05, 0.1) is 11.1 Å². The van der Waals surface area contributed by atoms with Crippen LogP contribution in [0, 0.1) is 0 Å². The molecule has 0 unspecified atom stereocenters. The molecule has 27 heavy (non-hydrogen) atoms. The van der Waals surface area contributed by atoms with E-state index < -0.39 is 5.97 Å².